The van der Waals surface area contributed by atoms with E-state index in [4.69, 9.17) is 10.4 Å². The summed E-state index contributed by atoms with van der Waals surface area (Å²) in [4.78, 5) is 6.07. The molecule has 1 aromatic rings. The summed E-state index contributed by atoms with van der Waals surface area (Å²) in [5, 5.41) is 18.1. The Morgan fingerprint density at radius 3 is 2.93 bits per heavy atom. The van der Waals surface area contributed by atoms with E-state index in [1.54, 1.807) is 6.20 Å². The number of anilines is 1. The molecule has 0 bridgehead atoms. The Bertz CT molecular complexity index is 391. The molecule has 0 saturated carbocycles. The highest BCUT2D eigenvalue weighted by Gasteiger charge is 2.27. The number of rotatable bonds is 1. The Balaban J connectivity index is 2.34. The molecule has 4 heteroatoms. The quantitative estimate of drug-likeness (QED) is 0.696. The van der Waals surface area contributed by atoms with Crippen molar-refractivity contribution in [2.24, 2.45) is 0 Å². The molecule has 4 nitrogen and oxygen atoms in total. The van der Waals surface area contributed by atoms with Gasteiger partial charge in [0.25, 0.3) is 0 Å². The molecule has 1 N–H and O–H groups in total. The van der Waals surface area contributed by atoms with Gasteiger partial charge in [-0.15, -0.1) is 0 Å². The Morgan fingerprint density at radius 1 is 1.64 bits per heavy atom. The number of aliphatic hydroxyl groups is 1. The van der Waals surface area contributed by atoms with Gasteiger partial charge in [-0.1, -0.05) is 0 Å². The third-order valence-electron chi connectivity index (χ3n) is 2.41. The van der Waals surface area contributed by atoms with Gasteiger partial charge in [0.2, 0.25) is 0 Å². The van der Waals surface area contributed by atoms with Crippen LogP contribution in [-0.2, 0) is 0 Å². The number of hydrogen-bond acceptors (Lipinski definition) is 4. The van der Waals surface area contributed by atoms with Gasteiger partial charge < -0.3 is 10.0 Å². The third-order valence-corrected chi connectivity index (χ3v) is 2.41. The zero-order valence-electron chi connectivity index (χ0n) is 7.94. The molecule has 1 fully saturated rings. The molecule has 0 aliphatic carbocycles. The number of aromatic nitrogens is 1. The minimum atomic E-state index is -0.274. The van der Waals surface area contributed by atoms with E-state index in [9.17, 15) is 0 Å². The van der Waals surface area contributed by atoms with Crippen molar-refractivity contribution >= 4 is 5.82 Å². The molecule has 0 unspecified atom stereocenters. The van der Waals surface area contributed by atoms with Gasteiger partial charge in [-0.05, 0) is 18.6 Å². The maximum absolute atomic E-state index is 9.16. The fraction of sp³-hybridized carbons (Fsp3) is 0.400. The molecule has 14 heavy (non-hydrogen) atoms. The fourth-order valence-electron chi connectivity index (χ4n) is 1.55. The van der Waals surface area contributed by atoms with Crippen LogP contribution in [0.15, 0.2) is 12.3 Å². The first-order valence-corrected chi connectivity index (χ1v) is 4.51. The maximum Gasteiger partial charge on any atom is 0.146 e. The molecule has 2 rings (SSSR count). The van der Waals surface area contributed by atoms with Gasteiger partial charge >= 0.3 is 0 Å². The van der Waals surface area contributed by atoms with Gasteiger partial charge in [-0.25, -0.2) is 4.98 Å². The zero-order chi connectivity index (χ0) is 10.1. The summed E-state index contributed by atoms with van der Waals surface area (Å²) in [6, 6.07) is 3.96. The highest BCUT2D eigenvalue weighted by Crippen LogP contribution is 2.24. The van der Waals surface area contributed by atoms with E-state index < -0.39 is 0 Å². The highest BCUT2D eigenvalue weighted by atomic mass is 16.3. The van der Waals surface area contributed by atoms with Crippen molar-refractivity contribution < 1.29 is 5.11 Å². The van der Waals surface area contributed by atoms with Crippen LogP contribution in [0.3, 0.4) is 0 Å². The van der Waals surface area contributed by atoms with Crippen LogP contribution >= 0.6 is 0 Å². The van der Waals surface area contributed by atoms with Crippen molar-refractivity contribution in [1.82, 2.24) is 4.98 Å². The number of β-amino-alcohol motifs (C(OH)–C–C–N with tert-alkyl or cyclic N) is 1. The Hall–Kier alpha value is -1.60. The molecule has 0 atom stereocenters. The van der Waals surface area contributed by atoms with Gasteiger partial charge in [0.15, 0.2) is 0 Å². The van der Waals surface area contributed by atoms with E-state index in [-0.39, 0.29) is 6.10 Å². The first kappa shape index (κ1) is 8.97. The average molecular weight is 189 g/mol. The number of hydrogen-bond donors (Lipinski definition) is 1. The number of aryl methyl sites for hydroxylation is 1. The van der Waals surface area contributed by atoms with Crippen LogP contribution in [0.2, 0.25) is 0 Å². The van der Waals surface area contributed by atoms with Gasteiger partial charge in [0.05, 0.1) is 11.7 Å². The third kappa shape index (κ3) is 1.32. The summed E-state index contributed by atoms with van der Waals surface area (Å²) in [6.45, 7) is 3.04. The lowest BCUT2D eigenvalue weighted by Gasteiger charge is -2.37. The lowest BCUT2D eigenvalue weighted by atomic mass is 10.1. The molecular formula is C10H11N3O. The minimum Gasteiger partial charge on any atom is -0.389 e. The van der Waals surface area contributed by atoms with Crippen LogP contribution in [0.1, 0.15) is 11.1 Å². The number of nitrogens with zero attached hydrogens (tertiary/aromatic N) is 3. The lowest BCUT2D eigenvalue weighted by Crippen LogP contribution is -2.51. The van der Waals surface area contributed by atoms with Crippen molar-refractivity contribution in [3.8, 4) is 6.07 Å². The minimum absolute atomic E-state index is 0.274. The smallest absolute Gasteiger partial charge is 0.146 e. The second kappa shape index (κ2) is 3.28. The van der Waals surface area contributed by atoms with Crippen LogP contribution < -0.4 is 4.90 Å². The summed E-state index contributed by atoms with van der Waals surface area (Å²) in [5.74, 6) is 0.692. The largest absolute Gasteiger partial charge is 0.389 e. The van der Waals surface area contributed by atoms with Gasteiger partial charge in [-0.3, -0.25) is 0 Å². The normalized spacial score (nSPS) is 16.2. The summed E-state index contributed by atoms with van der Waals surface area (Å²) >= 11 is 0. The molecule has 0 aromatic carbocycles. The predicted molar refractivity (Wildman–Crippen MR) is 51.9 cm³/mol. The van der Waals surface area contributed by atoms with Gasteiger partial charge in [0.1, 0.15) is 11.9 Å². The van der Waals surface area contributed by atoms with Gasteiger partial charge in [-0.2, -0.15) is 5.26 Å². The molecule has 1 aliphatic heterocycles. The summed E-state index contributed by atoms with van der Waals surface area (Å²) in [7, 11) is 0. The fourth-order valence-corrected chi connectivity index (χ4v) is 1.55. The zero-order valence-corrected chi connectivity index (χ0v) is 7.94. The first-order valence-electron chi connectivity index (χ1n) is 4.51. The Morgan fingerprint density at radius 2 is 2.36 bits per heavy atom. The molecule has 1 aromatic heterocycles. The molecule has 1 saturated heterocycles. The summed E-state index contributed by atoms with van der Waals surface area (Å²) in [5.41, 5.74) is 1.54. The van der Waals surface area contributed by atoms with Crippen molar-refractivity contribution in [2.75, 3.05) is 18.0 Å². The van der Waals surface area contributed by atoms with Gasteiger partial charge in [0, 0.05) is 19.3 Å². The second-order valence-corrected chi connectivity index (χ2v) is 3.50. The number of aliphatic hydroxyl groups excluding tert-OH is 1. The van der Waals surface area contributed by atoms with Crippen LogP contribution in [0.5, 0.6) is 0 Å². The molecule has 0 radical (unpaired) electrons. The van der Waals surface area contributed by atoms with E-state index in [1.807, 2.05) is 17.9 Å². The Kier molecular flexibility index (Phi) is 2.10. The predicted octanol–water partition coefficient (Wildman–Crippen LogP) is 0.443. The van der Waals surface area contributed by atoms with Crippen molar-refractivity contribution in [3.05, 3.63) is 23.4 Å². The van der Waals surface area contributed by atoms with Crippen LogP contribution in [0, 0.1) is 18.3 Å². The van der Waals surface area contributed by atoms with E-state index in [2.05, 4.69) is 11.1 Å². The second-order valence-electron chi connectivity index (χ2n) is 3.50. The molecule has 1 aliphatic rings. The average Bonchev–Trinajstić information content (AvgIpc) is 2.13. The molecule has 2 heterocycles. The van der Waals surface area contributed by atoms with Crippen LogP contribution in [-0.4, -0.2) is 29.3 Å². The SMILES string of the molecule is Cc1ccnc(N2CC(O)C2)c1C#N. The van der Waals surface area contributed by atoms with Crippen molar-refractivity contribution in [3.63, 3.8) is 0 Å². The van der Waals surface area contributed by atoms with E-state index in [1.165, 1.54) is 0 Å². The molecule has 0 spiro atoms. The van der Waals surface area contributed by atoms with E-state index in [0.29, 0.717) is 24.5 Å². The summed E-state index contributed by atoms with van der Waals surface area (Å²) < 4.78 is 0. The van der Waals surface area contributed by atoms with Crippen LogP contribution in [0.4, 0.5) is 5.82 Å². The molecular weight excluding hydrogens is 178 g/mol. The Labute approximate surface area is 82.4 Å². The highest BCUT2D eigenvalue weighted by molar-refractivity contribution is 5.58. The number of pyridine rings is 1. The van der Waals surface area contributed by atoms with E-state index >= 15 is 0 Å². The van der Waals surface area contributed by atoms with Crippen molar-refractivity contribution in [1.29, 1.82) is 5.26 Å². The topological polar surface area (TPSA) is 60.1 Å². The maximum atomic E-state index is 9.16. The van der Waals surface area contributed by atoms with Crippen LogP contribution in [0.25, 0.3) is 0 Å². The van der Waals surface area contributed by atoms with E-state index in [0.717, 1.165) is 5.56 Å². The lowest BCUT2D eigenvalue weighted by molar-refractivity contribution is 0.141. The number of nitriles is 1. The first-order chi connectivity index (χ1) is 6.72. The summed E-state index contributed by atoms with van der Waals surface area (Å²) in [6.07, 6.45) is 1.42. The molecule has 0 amide bonds. The molecule has 72 valence electrons. The standard InChI is InChI=1S/C10H11N3O/c1-7-2-3-12-10(9(7)4-11)13-5-8(14)6-13/h2-3,8,14H,5-6H2,1H3. The monoisotopic (exact) mass is 189 g/mol. The van der Waals surface area contributed by atoms with Crippen molar-refractivity contribution in [2.45, 2.75) is 13.0 Å².